The molecule has 0 bridgehead atoms. The minimum Gasteiger partial charge on any atom is -0.462 e. The van der Waals surface area contributed by atoms with Crippen molar-refractivity contribution in [2.45, 2.75) is 31.1 Å². The number of benzene rings is 1. The maximum Gasteiger partial charge on any atom is 0.365 e. The van der Waals surface area contributed by atoms with E-state index in [0.717, 1.165) is 5.56 Å². The average Bonchev–Trinajstić information content (AvgIpc) is 2.85. The Bertz CT molecular complexity index is 594. The third-order valence-corrected chi connectivity index (χ3v) is 5.15. The first kappa shape index (κ1) is 18.5. The lowest BCUT2D eigenvalue weighted by Gasteiger charge is -2.15. The summed E-state index contributed by atoms with van der Waals surface area (Å²) < 4.78 is 4.90. The van der Waals surface area contributed by atoms with Crippen molar-refractivity contribution in [1.29, 1.82) is 0 Å². The number of carbonyl (C=O) groups is 3. The van der Waals surface area contributed by atoms with Gasteiger partial charge in [-0.15, -0.1) is 11.8 Å². The zero-order valence-corrected chi connectivity index (χ0v) is 14.6. The molecule has 2 amide bonds. The summed E-state index contributed by atoms with van der Waals surface area (Å²) in [4.78, 5) is 37.4. The molecule has 1 aliphatic rings. The molecule has 1 saturated heterocycles. The lowest BCUT2D eigenvalue weighted by molar-refractivity contribution is -0.401. The first-order chi connectivity index (χ1) is 11.5. The third-order valence-electron chi connectivity index (χ3n) is 3.79. The van der Waals surface area contributed by atoms with Crippen LogP contribution in [0.15, 0.2) is 30.3 Å². The molecule has 0 spiro atoms. The van der Waals surface area contributed by atoms with Crippen molar-refractivity contribution in [3.8, 4) is 0 Å². The molecule has 1 aromatic rings. The number of ether oxygens (including phenoxy) is 1. The number of hydrogen-bond acceptors (Lipinski definition) is 5. The second-order valence-corrected chi connectivity index (χ2v) is 6.83. The van der Waals surface area contributed by atoms with Gasteiger partial charge in [-0.1, -0.05) is 30.3 Å². The van der Waals surface area contributed by atoms with Crippen LogP contribution in [-0.2, 0) is 25.5 Å². The standard InChI is InChI=1S/C17H22N2O4S/c1-2-23-17(22)13(18)11-24-14-10-15(20)19(16(14)21)9-8-12-6-4-3-5-7-12/h3-7,13-14H,2,8-11,18H2,1H3/p+1/t13-,14-/m1/s1. The molecule has 0 unspecified atom stereocenters. The van der Waals surface area contributed by atoms with E-state index in [0.29, 0.717) is 25.3 Å². The quantitative estimate of drug-likeness (QED) is 0.536. The first-order valence-corrected chi connectivity index (χ1v) is 9.07. The van der Waals surface area contributed by atoms with Gasteiger partial charge < -0.3 is 10.5 Å². The Kier molecular flexibility index (Phi) is 6.81. The lowest BCUT2D eigenvalue weighted by Crippen LogP contribution is -2.66. The summed E-state index contributed by atoms with van der Waals surface area (Å²) in [7, 11) is 0. The number of esters is 1. The summed E-state index contributed by atoms with van der Waals surface area (Å²) in [5.41, 5.74) is 4.84. The lowest BCUT2D eigenvalue weighted by atomic mass is 10.1. The van der Waals surface area contributed by atoms with Crippen molar-refractivity contribution in [3.05, 3.63) is 35.9 Å². The van der Waals surface area contributed by atoms with Gasteiger partial charge in [-0.2, -0.15) is 0 Å². The molecule has 6 nitrogen and oxygen atoms in total. The van der Waals surface area contributed by atoms with Crippen LogP contribution in [0.25, 0.3) is 0 Å². The number of quaternary nitrogens is 1. The maximum absolute atomic E-state index is 12.4. The molecular weight excluding hydrogens is 328 g/mol. The summed E-state index contributed by atoms with van der Waals surface area (Å²) in [5.74, 6) is -0.320. The molecule has 2 atom stereocenters. The number of thioether (sulfide) groups is 1. The fourth-order valence-electron chi connectivity index (χ4n) is 2.46. The van der Waals surface area contributed by atoms with Gasteiger partial charge >= 0.3 is 5.97 Å². The molecule has 7 heteroatoms. The van der Waals surface area contributed by atoms with E-state index in [-0.39, 0.29) is 24.2 Å². The number of hydrogen-bond donors (Lipinski definition) is 1. The minimum atomic E-state index is -0.531. The van der Waals surface area contributed by atoms with Crippen molar-refractivity contribution < 1.29 is 24.9 Å². The number of carbonyl (C=O) groups excluding carboxylic acids is 3. The van der Waals surface area contributed by atoms with Gasteiger partial charge in [0.15, 0.2) is 6.04 Å². The zero-order chi connectivity index (χ0) is 17.5. The van der Waals surface area contributed by atoms with Crippen LogP contribution in [0.5, 0.6) is 0 Å². The summed E-state index contributed by atoms with van der Waals surface area (Å²) in [6.45, 7) is 2.44. The van der Waals surface area contributed by atoms with Crippen LogP contribution in [0.4, 0.5) is 0 Å². The fourth-order valence-corrected chi connectivity index (χ4v) is 3.59. The van der Waals surface area contributed by atoms with Gasteiger partial charge in [0.1, 0.15) is 0 Å². The van der Waals surface area contributed by atoms with Crippen molar-refractivity contribution in [2.24, 2.45) is 0 Å². The highest BCUT2D eigenvalue weighted by molar-refractivity contribution is 8.00. The zero-order valence-electron chi connectivity index (χ0n) is 13.8. The first-order valence-electron chi connectivity index (χ1n) is 8.02. The van der Waals surface area contributed by atoms with Gasteiger partial charge in [0.25, 0.3) is 0 Å². The third kappa shape index (κ3) is 4.82. The van der Waals surface area contributed by atoms with Gasteiger partial charge in [-0.05, 0) is 18.9 Å². The normalized spacial score (nSPS) is 18.8. The van der Waals surface area contributed by atoms with E-state index in [2.05, 4.69) is 5.73 Å². The molecule has 1 fully saturated rings. The van der Waals surface area contributed by atoms with Crippen molar-refractivity contribution in [2.75, 3.05) is 18.9 Å². The number of imide groups is 1. The summed E-state index contributed by atoms with van der Waals surface area (Å²) >= 11 is 1.31. The van der Waals surface area contributed by atoms with Gasteiger partial charge in [0, 0.05) is 13.0 Å². The molecule has 0 radical (unpaired) electrons. The topological polar surface area (TPSA) is 91.3 Å². The fraction of sp³-hybridized carbons (Fsp3) is 0.471. The van der Waals surface area contributed by atoms with E-state index < -0.39 is 11.3 Å². The number of likely N-dealkylation sites (tertiary alicyclic amines) is 1. The van der Waals surface area contributed by atoms with E-state index in [1.54, 1.807) is 6.92 Å². The highest BCUT2D eigenvalue weighted by Crippen LogP contribution is 2.25. The number of nitrogens with zero attached hydrogens (tertiary/aromatic N) is 1. The molecule has 24 heavy (non-hydrogen) atoms. The largest absolute Gasteiger partial charge is 0.462 e. The Morgan fingerprint density at radius 1 is 1.38 bits per heavy atom. The van der Waals surface area contributed by atoms with Gasteiger partial charge in [-0.3, -0.25) is 14.5 Å². The minimum absolute atomic E-state index is 0.148. The number of amides is 2. The Morgan fingerprint density at radius 2 is 2.08 bits per heavy atom. The summed E-state index contributed by atoms with van der Waals surface area (Å²) in [6, 6.07) is 9.22. The molecule has 0 saturated carbocycles. The van der Waals surface area contributed by atoms with Crippen LogP contribution in [0, 0.1) is 0 Å². The molecule has 1 aliphatic heterocycles. The maximum atomic E-state index is 12.4. The van der Waals surface area contributed by atoms with Crippen LogP contribution in [0.1, 0.15) is 18.9 Å². The molecular formula is C17H23N2O4S+. The smallest absolute Gasteiger partial charge is 0.365 e. The Morgan fingerprint density at radius 3 is 2.75 bits per heavy atom. The Balaban J connectivity index is 1.83. The predicted octanol–water partition coefficient (Wildman–Crippen LogP) is 0.263. The van der Waals surface area contributed by atoms with E-state index in [1.165, 1.54) is 16.7 Å². The second-order valence-electron chi connectivity index (χ2n) is 5.59. The average molecular weight is 351 g/mol. The van der Waals surface area contributed by atoms with Crippen molar-refractivity contribution in [1.82, 2.24) is 4.90 Å². The van der Waals surface area contributed by atoms with Crippen LogP contribution in [0.2, 0.25) is 0 Å². The Hall–Kier alpha value is -1.86. The molecule has 1 aromatic carbocycles. The summed E-state index contributed by atoms with van der Waals surface area (Å²) in [6.07, 6.45) is 0.838. The molecule has 2 rings (SSSR count). The molecule has 130 valence electrons. The molecule has 0 aliphatic carbocycles. The monoisotopic (exact) mass is 351 g/mol. The predicted molar refractivity (Wildman–Crippen MR) is 91.0 cm³/mol. The second kappa shape index (κ2) is 8.84. The van der Waals surface area contributed by atoms with E-state index in [9.17, 15) is 14.4 Å². The van der Waals surface area contributed by atoms with Crippen LogP contribution in [0.3, 0.4) is 0 Å². The SMILES string of the molecule is CCOC(=O)[C@H]([NH3+])CS[C@@H]1CC(=O)N(CCc2ccccc2)C1=O. The van der Waals surface area contributed by atoms with E-state index >= 15 is 0 Å². The highest BCUT2D eigenvalue weighted by atomic mass is 32.2. The van der Waals surface area contributed by atoms with Crippen molar-refractivity contribution in [3.63, 3.8) is 0 Å². The van der Waals surface area contributed by atoms with Gasteiger partial charge in [0.2, 0.25) is 11.8 Å². The van der Waals surface area contributed by atoms with E-state index in [1.807, 2.05) is 30.3 Å². The van der Waals surface area contributed by atoms with E-state index in [4.69, 9.17) is 4.74 Å². The summed E-state index contributed by atoms with van der Waals surface area (Å²) in [5, 5.41) is -0.424. The highest BCUT2D eigenvalue weighted by Gasteiger charge is 2.39. The number of rotatable bonds is 8. The van der Waals surface area contributed by atoms with Crippen molar-refractivity contribution >= 4 is 29.5 Å². The Labute approximate surface area is 145 Å². The van der Waals surface area contributed by atoms with Gasteiger partial charge in [0.05, 0.1) is 17.6 Å². The van der Waals surface area contributed by atoms with Crippen LogP contribution in [-0.4, -0.2) is 52.9 Å². The van der Waals surface area contributed by atoms with Crippen LogP contribution < -0.4 is 5.73 Å². The van der Waals surface area contributed by atoms with Gasteiger partial charge in [-0.25, -0.2) is 4.79 Å². The van der Waals surface area contributed by atoms with Crippen LogP contribution >= 0.6 is 11.8 Å². The molecule has 0 aromatic heterocycles. The molecule has 3 N–H and O–H groups in total. The molecule has 1 heterocycles.